The summed E-state index contributed by atoms with van der Waals surface area (Å²) < 4.78 is 40.3. The largest absolute Gasteiger partial charge is 0.477 e. The van der Waals surface area contributed by atoms with Crippen LogP contribution in [0.3, 0.4) is 0 Å². The van der Waals surface area contributed by atoms with Crippen LogP contribution in [0.1, 0.15) is 16.1 Å². The summed E-state index contributed by atoms with van der Waals surface area (Å²) in [6, 6.07) is 4.96. The van der Waals surface area contributed by atoms with E-state index < -0.39 is 17.7 Å². The van der Waals surface area contributed by atoms with E-state index in [2.05, 4.69) is 15.9 Å². The zero-order valence-corrected chi connectivity index (χ0v) is 13.3. The van der Waals surface area contributed by atoms with Gasteiger partial charge >= 0.3 is 12.1 Å². The summed E-state index contributed by atoms with van der Waals surface area (Å²) >= 11 is 4.75. The van der Waals surface area contributed by atoms with Crippen LogP contribution in [0.25, 0.3) is 5.69 Å². The fourth-order valence-electron chi connectivity index (χ4n) is 1.69. The zero-order chi connectivity index (χ0) is 15.1. The van der Waals surface area contributed by atoms with Gasteiger partial charge in [-0.1, -0.05) is 15.9 Å². The molecule has 3 nitrogen and oxygen atoms in total. The van der Waals surface area contributed by atoms with Crippen molar-refractivity contribution in [1.82, 2.24) is 4.57 Å². The van der Waals surface area contributed by atoms with Crippen molar-refractivity contribution >= 4 is 44.5 Å². The van der Waals surface area contributed by atoms with Crippen molar-refractivity contribution in [2.45, 2.75) is 6.18 Å². The summed E-state index contributed by atoms with van der Waals surface area (Å²) in [6.45, 7) is 0. The monoisotopic (exact) mass is 459 g/mol. The number of halogens is 5. The Bertz CT molecular complexity index is 682. The Balaban J connectivity index is 2.63. The van der Waals surface area contributed by atoms with E-state index in [1.807, 2.05) is 22.6 Å². The molecule has 0 atom stereocenters. The Morgan fingerprint density at radius 3 is 2.50 bits per heavy atom. The molecular weight excluding hydrogens is 454 g/mol. The van der Waals surface area contributed by atoms with Crippen LogP contribution in [0.4, 0.5) is 13.2 Å². The molecule has 2 rings (SSSR count). The number of carbonyl (C=O) groups is 1. The fourth-order valence-corrected chi connectivity index (χ4v) is 2.73. The smallest absolute Gasteiger partial charge is 0.417 e. The number of aromatic nitrogens is 1. The zero-order valence-electron chi connectivity index (χ0n) is 9.58. The molecule has 0 amide bonds. The number of benzene rings is 1. The maximum atomic E-state index is 12.9. The predicted octanol–water partition coefficient (Wildman–Crippen LogP) is 4.56. The summed E-state index contributed by atoms with van der Waals surface area (Å²) in [5.74, 6) is -1.20. The van der Waals surface area contributed by atoms with Crippen molar-refractivity contribution in [3.05, 3.63) is 49.8 Å². The third-order valence-corrected chi connectivity index (χ3v) is 3.82. The van der Waals surface area contributed by atoms with Gasteiger partial charge in [-0.15, -0.1) is 0 Å². The Morgan fingerprint density at radius 2 is 1.95 bits per heavy atom. The van der Waals surface area contributed by atoms with Crippen LogP contribution in [0.2, 0.25) is 0 Å². The lowest BCUT2D eigenvalue weighted by atomic mass is 10.2. The van der Waals surface area contributed by atoms with Gasteiger partial charge in [0.05, 0.1) is 5.56 Å². The number of alkyl halides is 3. The first-order chi connectivity index (χ1) is 9.20. The minimum Gasteiger partial charge on any atom is -0.477 e. The highest BCUT2D eigenvalue weighted by Gasteiger charge is 2.33. The molecule has 1 aromatic carbocycles. The first kappa shape index (κ1) is 15.4. The topological polar surface area (TPSA) is 42.2 Å². The molecule has 0 radical (unpaired) electrons. The van der Waals surface area contributed by atoms with Crippen molar-refractivity contribution in [2.24, 2.45) is 0 Å². The van der Waals surface area contributed by atoms with E-state index in [1.54, 1.807) is 0 Å². The lowest BCUT2D eigenvalue weighted by Gasteiger charge is -2.12. The molecule has 0 fully saturated rings. The molecule has 1 aromatic heterocycles. The summed E-state index contributed by atoms with van der Waals surface area (Å²) in [5.41, 5.74) is -0.805. The van der Waals surface area contributed by atoms with Crippen LogP contribution in [0.5, 0.6) is 0 Å². The van der Waals surface area contributed by atoms with Crippen molar-refractivity contribution in [3.8, 4) is 5.69 Å². The third kappa shape index (κ3) is 3.00. The summed E-state index contributed by atoms with van der Waals surface area (Å²) in [6.07, 6.45) is -3.05. The van der Waals surface area contributed by atoms with Crippen molar-refractivity contribution in [1.29, 1.82) is 0 Å². The van der Waals surface area contributed by atoms with Gasteiger partial charge in [0.2, 0.25) is 0 Å². The molecule has 2 aromatic rings. The number of aromatic carboxylic acids is 1. The van der Waals surface area contributed by atoms with E-state index in [0.29, 0.717) is 3.57 Å². The van der Waals surface area contributed by atoms with E-state index in [1.165, 1.54) is 29.0 Å². The Labute approximate surface area is 133 Å². The molecule has 0 bridgehead atoms. The minimum absolute atomic E-state index is 0.0903. The highest BCUT2D eigenvalue weighted by atomic mass is 127. The molecule has 0 spiro atoms. The van der Waals surface area contributed by atoms with Crippen LogP contribution >= 0.6 is 38.5 Å². The maximum absolute atomic E-state index is 12.9. The first-order valence-corrected chi connectivity index (χ1v) is 7.05. The molecule has 0 unspecified atom stereocenters. The Hall–Kier alpha value is -1.03. The molecule has 0 saturated heterocycles. The number of carboxylic acid groups (broad SMARTS) is 1. The molecule has 8 heteroatoms. The summed E-state index contributed by atoms with van der Waals surface area (Å²) in [5, 5.41) is 9.07. The minimum atomic E-state index is -4.52. The second-order valence-electron chi connectivity index (χ2n) is 3.88. The quantitative estimate of drug-likeness (QED) is 0.669. The number of hydrogen-bond acceptors (Lipinski definition) is 1. The second-order valence-corrected chi connectivity index (χ2v) is 5.98. The second kappa shape index (κ2) is 5.40. The van der Waals surface area contributed by atoms with E-state index in [4.69, 9.17) is 5.11 Å². The van der Waals surface area contributed by atoms with Crippen molar-refractivity contribution < 1.29 is 23.1 Å². The predicted molar refractivity (Wildman–Crippen MR) is 78.1 cm³/mol. The Kier molecular flexibility index (Phi) is 4.14. The molecule has 0 aliphatic rings. The summed E-state index contributed by atoms with van der Waals surface area (Å²) in [7, 11) is 0. The average molecular weight is 460 g/mol. The van der Waals surface area contributed by atoms with Crippen LogP contribution in [-0.4, -0.2) is 15.6 Å². The van der Waals surface area contributed by atoms with Crippen LogP contribution < -0.4 is 0 Å². The molecule has 1 N–H and O–H groups in total. The lowest BCUT2D eigenvalue weighted by molar-refractivity contribution is -0.138. The number of nitrogens with zero attached hydrogens (tertiary/aromatic N) is 1. The van der Waals surface area contributed by atoms with Crippen molar-refractivity contribution in [2.75, 3.05) is 0 Å². The van der Waals surface area contributed by atoms with E-state index in [9.17, 15) is 18.0 Å². The van der Waals surface area contributed by atoms with Crippen molar-refractivity contribution in [3.63, 3.8) is 0 Å². The number of hydrogen-bond donors (Lipinski definition) is 1. The van der Waals surface area contributed by atoms with Gasteiger partial charge in [0, 0.05) is 19.9 Å². The lowest BCUT2D eigenvalue weighted by Crippen LogP contribution is -2.09. The van der Waals surface area contributed by atoms with E-state index in [-0.39, 0.29) is 15.9 Å². The maximum Gasteiger partial charge on any atom is 0.417 e. The highest BCUT2D eigenvalue weighted by molar-refractivity contribution is 14.1. The molecule has 106 valence electrons. The van der Waals surface area contributed by atoms with Gasteiger partial charge in [0.25, 0.3) is 0 Å². The van der Waals surface area contributed by atoms with Gasteiger partial charge in [-0.25, -0.2) is 4.79 Å². The number of rotatable bonds is 2. The van der Waals surface area contributed by atoms with Crippen LogP contribution in [0, 0.1) is 3.57 Å². The SMILES string of the molecule is O=C(O)c1cc(I)cn1-c1ccc(Br)c(C(F)(F)F)c1. The molecular formula is C12H6BrF3INO2. The highest BCUT2D eigenvalue weighted by Crippen LogP contribution is 2.36. The third-order valence-electron chi connectivity index (χ3n) is 2.54. The Morgan fingerprint density at radius 1 is 1.30 bits per heavy atom. The van der Waals surface area contributed by atoms with E-state index in [0.717, 1.165) is 6.07 Å². The molecule has 0 saturated carbocycles. The average Bonchev–Trinajstić information content (AvgIpc) is 2.70. The van der Waals surface area contributed by atoms with Gasteiger partial charge in [-0.3, -0.25) is 0 Å². The van der Waals surface area contributed by atoms with Gasteiger partial charge in [0.15, 0.2) is 0 Å². The molecule has 0 aliphatic heterocycles. The van der Waals surface area contributed by atoms with Gasteiger partial charge in [0.1, 0.15) is 5.69 Å². The van der Waals surface area contributed by atoms with Gasteiger partial charge in [-0.05, 0) is 46.9 Å². The standard InChI is InChI=1S/C12H6BrF3INO2/c13-9-2-1-7(4-8(9)12(14,15)16)18-5-6(17)3-10(18)11(19)20/h1-5H,(H,19,20). The molecule has 0 aliphatic carbocycles. The van der Waals surface area contributed by atoms with Gasteiger partial charge < -0.3 is 9.67 Å². The fraction of sp³-hybridized carbons (Fsp3) is 0.0833. The first-order valence-electron chi connectivity index (χ1n) is 5.18. The van der Waals surface area contributed by atoms with Crippen LogP contribution in [-0.2, 0) is 6.18 Å². The van der Waals surface area contributed by atoms with Crippen LogP contribution in [0.15, 0.2) is 34.9 Å². The normalized spacial score (nSPS) is 11.7. The molecule has 1 heterocycles. The van der Waals surface area contributed by atoms with E-state index >= 15 is 0 Å². The summed E-state index contributed by atoms with van der Waals surface area (Å²) in [4.78, 5) is 11.1. The molecule has 20 heavy (non-hydrogen) atoms. The number of carboxylic acids is 1. The van der Waals surface area contributed by atoms with Gasteiger partial charge in [-0.2, -0.15) is 13.2 Å².